The van der Waals surface area contributed by atoms with E-state index in [1.807, 2.05) is 31.2 Å². The van der Waals surface area contributed by atoms with Gasteiger partial charge in [0, 0.05) is 13.0 Å². The summed E-state index contributed by atoms with van der Waals surface area (Å²) >= 11 is 0. The molecule has 1 saturated heterocycles. The van der Waals surface area contributed by atoms with Crippen LogP contribution in [0, 0.1) is 5.92 Å². The van der Waals surface area contributed by atoms with E-state index in [9.17, 15) is 0 Å². The quantitative estimate of drug-likeness (QED) is 0.720. The van der Waals surface area contributed by atoms with Gasteiger partial charge in [0.25, 0.3) is 0 Å². The van der Waals surface area contributed by atoms with Crippen molar-refractivity contribution in [1.29, 1.82) is 0 Å². The molecule has 1 aliphatic rings. The predicted molar refractivity (Wildman–Crippen MR) is 96.9 cm³/mol. The number of ether oxygens (including phenoxy) is 4. The van der Waals surface area contributed by atoms with Crippen molar-refractivity contribution in [1.82, 2.24) is 0 Å². The van der Waals surface area contributed by atoms with Crippen molar-refractivity contribution in [2.24, 2.45) is 5.92 Å². The van der Waals surface area contributed by atoms with Crippen molar-refractivity contribution in [3.8, 4) is 11.5 Å². The lowest BCUT2D eigenvalue weighted by molar-refractivity contribution is -0.106. The Morgan fingerprint density at radius 3 is 2.64 bits per heavy atom. The highest BCUT2D eigenvalue weighted by Gasteiger charge is 2.26. The van der Waals surface area contributed by atoms with Crippen LogP contribution in [0.25, 0.3) is 0 Å². The van der Waals surface area contributed by atoms with Crippen LogP contribution in [0.1, 0.15) is 24.5 Å². The minimum atomic E-state index is -0.0506. The second-order valence-corrected chi connectivity index (χ2v) is 6.28. The van der Waals surface area contributed by atoms with Gasteiger partial charge in [-0.2, -0.15) is 0 Å². The molecule has 4 nitrogen and oxygen atoms in total. The Hall–Kier alpha value is -2.04. The molecule has 0 amide bonds. The lowest BCUT2D eigenvalue weighted by atomic mass is 9.98. The standard InChI is InChI=1S/C21H26O4/c1-3-23-21-13-18(15-25-21)11-17-9-10-19(20(12-17)22-2)24-14-16-7-5-4-6-8-16/h4-10,12,18,21H,3,11,13-15H2,1-2H3. The number of methoxy groups -OCH3 is 1. The van der Waals surface area contributed by atoms with Gasteiger partial charge in [-0.1, -0.05) is 36.4 Å². The Balaban J connectivity index is 1.59. The third-order valence-corrected chi connectivity index (χ3v) is 4.39. The molecule has 0 bridgehead atoms. The molecule has 0 spiro atoms. The van der Waals surface area contributed by atoms with Gasteiger partial charge in [-0.3, -0.25) is 0 Å². The van der Waals surface area contributed by atoms with E-state index in [0.29, 0.717) is 19.1 Å². The fraction of sp³-hybridized carbons (Fsp3) is 0.429. The maximum Gasteiger partial charge on any atom is 0.161 e. The topological polar surface area (TPSA) is 36.9 Å². The van der Waals surface area contributed by atoms with Crippen molar-refractivity contribution in [3.05, 3.63) is 59.7 Å². The van der Waals surface area contributed by atoms with Gasteiger partial charge >= 0.3 is 0 Å². The highest BCUT2D eigenvalue weighted by molar-refractivity contribution is 5.43. The Kier molecular flexibility index (Phi) is 6.31. The summed E-state index contributed by atoms with van der Waals surface area (Å²) in [4.78, 5) is 0. The molecular formula is C21H26O4. The third kappa shape index (κ3) is 4.97. The van der Waals surface area contributed by atoms with E-state index in [-0.39, 0.29) is 6.29 Å². The zero-order chi connectivity index (χ0) is 17.5. The molecule has 2 unspecified atom stereocenters. The lowest BCUT2D eigenvalue weighted by Gasteiger charge is -2.14. The molecule has 0 saturated carbocycles. The van der Waals surface area contributed by atoms with Crippen molar-refractivity contribution >= 4 is 0 Å². The molecule has 2 atom stereocenters. The van der Waals surface area contributed by atoms with Gasteiger partial charge < -0.3 is 18.9 Å². The fourth-order valence-electron chi connectivity index (χ4n) is 3.12. The molecule has 1 fully saturated rings. The van der Waals surface area contributed by atoms with Crippen LogP contribution < -0.4 is 9.47 Å². The van der Waals surface area contributed by atoms with Crippen molar-refractivity contribution in [3.63, 3.8) is 0 Å². The summed E-state index contributed by atoms with van der Waals surface area (Å²) in [6.45, 7) is 3.97. The van der Waals surface area contributed by atoms with Gasteiger partial charge in [-0.05, 0) is 42.5 Å². The largest absolute Gasteiger partial charge is 0.493 e. The van der Waals surface area contributed by atoms with Crippen LogP contribution >= 0.6 is 0 Å². The maximum absolute atomic E-state index is 5.92. The smallest absolute Gasteiger partial charge is 0.161 e. The number of benzene rings is 2. The zero-order valence-electron chi connectivity index (χ0n) is 14.9. The molecule has 1 aliphatic heterocycles. The minimum absolute atomic E-state index is 0.0506. The molecule has 25 heavy (non-hydrogen) atoms. The Morgan fingerprint density at radius 1 is 1.04 bits per heavy atom. The van der Waals surface area contributed by atoms with Gasteiger partial charge in [0.1, 0.15) is 6.61 Å². The fourth-order valence-corrected chi connectivity index (χ4v) is 3.12. The summed E-state index contributed by atoms with van der Waals surface area (Å²) in [6, 6.07) is 16.3. The highest BCUT2D eigenvalue weighted by atomic mass is 16.7. The van der Waals surface area contributed by atoms with Gasteiger partial charge in [0.2, 0.25) is 0 Å². The van der Waals surface area contributed by atoms with E-state index in [1.54, 1.807) is 7.11 Å². The molecule has 0 N–H and O–H groups in total. The molecule has 2 aromatic carbocycles. The van der Waals surface area contributed by atoms with Crippen molar-refractivity contribution in [2.45, 2.75) is 32.7 Å². The molecule has 0 aliphatic carbocycles. The first-order valence-corrected chi connectivity index (χ1v) is 8.85. The normalized spacial score (nSPS) is 19.8. The van der Waals surface area contributed by atoms with Gasteiger partial charge in [-0.25, -0.2) is 0 Å². The maximum atomic E-state index is 5.92. The van der Waals surface area contributed by atoms with Gasteiger partial charge in [0.05, 0.1) is 13.7 Å². The molecule has 0 aromatic heterocycles. The van der Waals surface area contributed by atoms with Crippen LogP contribution in [0.3, 0.4) is 0 Å². The number of hydrogen-bond donors (Lipinski definition) is 0. The van der Waals surface area contributed by atoms with E-state index < -0.39 is 0 Å². The van der Waals surface area contributed by atoms with Crippen LogP contribution in [-0.2, 0) is 22.5 Å². The monoisotopic (exact) mass is 342 g/mol. The van der Waals surface area contributed by atoms with Crippen LogP contribution in [0.2, 0.25) is 0 Å². The van der Waals surface area contributed by atoms with Gasteiger partial charge in [0.15, 0.2) is 17.8 Å². The van der Waals surface area contributed by atoms with Crippen LogP contribution in [-0.4, -0.2) is 26.6 Å². The molecule has 3 rings (SSSR count). The lowest BCUT2D eigenvalue weighted by Crippen LogP contribution is -2.10. The van der Waals surface area contributed by atoms with E-state index in [2.05, 4.69) is 24.3 Å². The second kappa shape index (κ2) is 8.88. The molecule has 0 radical (unpaired) electrons. The average molecular weight is 342 g/mol. The van der Waals surface area contributed by atoms with E-state index >= 15 is 0 Å². The summed E-state index contributed by atoms with van der Waals surface area (Å²) in [7, 11) is 1.68. The summed E-state index contributed by atoms with van der Waals surface area (Å²) in [5, 5.41) is 0. The molecule has 4 heteroatoms. The Bertz CT molecular complexity index is 656. The van der Waals surface area contributed by atoms with Crippen molar-refractivity contribution < 1.29 is 18.9 Å². The second-order valence-electron chi connectivity index (χ2n) is 6.28. The van der Waals surface area contributed by atoms with Crippen LogP contribution in [0.4, 0.5) is 0 Å². The molecule has 134 valence electrons. The average Bonchev–Trinajstić information content (AvgIpc) is 3.08. The first kappa shape index (κ1) is 17.8. The van der Waals surface area contributed by atoms with Gasteiger partial charge in [-0.15, -0.1) is 0 Å². The predicted octanol–water partition coefficient (Wildman–Crippen LogP) is 4.22. The van der Waals surface area contributed by atoms with E-state index in [1.165, 1.54) is 5.56 Å². The Labute approximate surface area is 149 Å². The first-order valence-electron chi connectivity index (χ1n) is 8.85. The molecule has 1 heterocycles. The highest BCUT2D eigenvalue weighted by Crippen LogP contribution is 2.31. The number of rotatable bonds is 8. The molecule has 2 aromatic rings. The van der Waals surface area contributed by atoms with E-state index in [4.69, 9.17) is 18.9 Å². The summed E-state index contributed by atoms with van der Waals surface area (Å²) < 4.78 is 22.6. The minimum Gasteiger partial charge on any atom is -0.493 e. The van der Waals surface area contributed by atoms with Crippen molar-refractivity contribution in [2.75, 3.05) is 20.3 Å². The van der Waals surface area contributed by atoms with Crippen LogP contribution in [0.5, 0.6) is 11.5 Å². The molecular weight excluding hydrogens is 316 g/mol. The third-order valence-electron chi connectivity index (χ3n) is 4.39. The SMILES string of the molecule is CCOC1CC(Cc2ccc(OCc3ccccc3)c(OC)c2)CO1. The number of hydrogen-bond acceptors (Lipinski definition) is 4. The van der Waals surface area contributed by atoms with Crippen LogP contribution in [0.15, 0.2) is 48.5 Å². The zero-order valence-corrected chi connectivity index (χ0v) is 14.9. The van der Waals surface area contributed by atoms with E-state index in [0.717, 1.165) is 36.5 Å². The summed E-state index contributed by atoms with van der Waals surface area (Å²) in [6.07, 6.45) is 1.85. The summed E-state index contributed by atoms with van der Waals surface area (Å²) in [5.41, 5.74) is 2.37. The summed E-state index contributed by atoms with van der Waals surface area (Å²) in [5.74, 6) is 2.02. The Morgan fingerprint density at radius 2 is 1.88 bits per heavy atom. The first-order chi connectivity index (χ1) is 12.3.